The number of H-pyrrole nitrogens is 2. The van der Waals surface area contributed by atoms with E-state index < -0.39 is 0 Å². The molecule has 2 aromatic carbocycles. The van der Waals surface area contributed by atoms with E-state index in [1.54, 1.807) is 0 Å². The maximum Gasteiger partial charge on any atom is 0.355 e. The molecular formula is C34H40N2O4. The molecule has 6 heteroatoms. The molecule has 0 aliphatic heterocycles. The maximum atomic E-state index is 12.6. The van der Waals surface area contributed by atoms with Crippen LogP contribution in [0.1, 0.15) is 84.8 Å². The molecule has 0 saturated heterocycles. The van der Waals surface area contributed by atoms with Crippen LogP contribution >= 0.6 is 0 Å². The number of ether oxygens (including phenoxy) is 2. The van der Waals surface area contributed by atoms with Crippen LogP contribution in [-0.2, 0) is 35.2 Å². The molecule has 4 aromatic rings. The van der Waals surface area contributed by atoms with Gasteiger partial charge in [-0.1, -0.05) is 76.2 Å². The summed E-state index contributed by atoms with van der Waals surface area (Å²) in [5.74, 6) is -0.600. The molecule has 0 aliphatic carbocycles. The van der Waals surface area contributed by atoms with Gasteiger partial charge in [-0.3, -0.25) is 0 Å². The van der Waals surface area contributed by atoms with Crippen molar-refractivity contribution in [2.75, 3.05) is 13.2 Å². The molecule has 0 unspecified atom stereocenters. The average molecular weight is 541 g/mol. The summed E-state index contributed by atoms with van der Waals surface area (Å²) >= 11 is 0. The highest BCUT2D eigenvalue weighted by Gasteiger charge is 2.23. The van der Waals surface area contributed by atoms with Crippen molar-refractivity contribution in [1.82, 2.24) is 9.97 Å². The lowest BCUT2D eigenvalue weighted by Crippen LogP contribution is -2.08. The normalized spacial score (nSPS) is 11.1. The van der Waals surface area contributed by atoms with Gasteiger partial charge in [-0.25, -0.2) is 9.59 Å². The SMILES string of the molecule is CCOC(=O)c1[nH]c(-c2ccc(-c3ccc(-c4[nH]c(C(=O)OCC)c(CC)c4CC)cc3)cc2)c(CC)c1CC. The Labute approximate surface area is 237 Å². The number of esters is 2. The first-order valence-electron chi connectivity index (χ1n) is 14.4. The second kappa shape index (κ2) is 12.9. The second-order valence-electron chi connectivity index (χ2n) is 9.67. The zero-order valence-electron chi connectivity index (χ0n) is 24.5. The summed E-state index contributed by atoms with van der Waals surface area (Å²) in [5, 5.41) is 0. The molecule has 0 bridgehead atoms. The van der Waals surface area contributed by atoms with Crippen LogP contribution in [-0.4, -0.2) is 35.1 Å². The smallest absolute Gasteiger partial charge is 0.355 e. The second-order valence-corrected chi connectivity index (χ2v) is 9.67. The zero-order valence-corrected chi connectivity index (χ0v) is 24.5. The van der Waals surface area contributed by atoms with Crippen LogP contribution in [0.25, 0.3) is 33.6 Å². The fourth-order valence-corrected chi connectivity index (χ4v) is 5.62. The van der Waals surface area contributed by atoms with Gasteiger partial charge >= 0.3 is 11.9 Å². The first-order valence-corrected chi connectivity index (χ1v) is 14.4. The van der Waals surface area contributed by atoms with E-state index in [-0.39, 0.29) is 11.9 Å². The minimum absolute atomic E-state index is 0.300. The van der Waals surface area contributed by atoms with Crippen molar-refractivity contribution in [1.29, 1.82) is 0 Å². The summed E-state index contributed by atoms with van der Waals surface area (Å²) in [5.41, 5.74) is 11.7. The van der Waals surface area contributed by atoms with Crippen LogP contribution < -0.4 is 0 Å². The highest BCUT2D eigenvalue weighted by atomic mass is 16.5. The molecule has 2 heterocycles. The molecular weight excluding hydrogens is 500 g/mol. The summed E-state index contributed by atoms with van der Waals surface area (Å²) in [7, 11) is 0. The van der Waals surface area contributed by atoms with Gasteiger partial charge in [0.2, 0.25) is 0 Å². The van der Waals surface area contributed by atoms with Crippen LogP contribution in [0.15, 0.2) is 48.5 Å². The number of aromatic nitrogens is 2. The molecule has 0 amide bonds. The molecule has 0 fully saturated rings. The van der Waals surface area contributed by atoms with Crippen molar-refractivity contribution in [2.24, 2.45) is 0 Å². The molecule has 0 saturated carbocycles. The quantitative estimate of drug-likeness (QED) is 0.189. The van der Waals surface area contributed by atoms with Gasteiger partial charge in [0.05, 0.1) is 13.2 Å². The minimum Gasteiger partial charge on any atom is -0.461 e. The lowest BCUT2D eigenvalue weighted by atomic mass is 9.96. The highest BCUT2D eigenvalue weighted by molar-refractivity contribution is 5.92. The first-order chi connectivity index (χ1) is 19.4. The molecule has 0 spiro atoms. The molecule has 0 atom stereocenters. The molecule has 6 nitrogen and oxygen atoms in total. The predicted octanol–water partition coefficient (Wildman–Crippen LogP) is 7.95. The highest BCUT2D eigenvalue weighted by Crippen LogP contribution is 2.34. The third-order valence-electron chi connectivity index (χ3n) is 7.49. The Morgan fingerprint density at radius 3 is 1.07 bits per heavy atom. The number of carbonyl (C=O) groups excluding carboxylic acids is 2. The number of hydrogen-bond donors (Lipinski definition) is 2. The molecule has 40 heavy (non-hydrogen) atoms. The lowest BCUT2D eigenvalue weighted by Gasteiger charge is -2.08. The summed E-state index contributed by atoms with van der Waals surface area (Å²) in [6.07, 6.45) is 3.18. The predicted molar refractivity (Wildman–Crippen MR) is 161 cm³/mol. The third-order valence-corrected chi connectivity index (χ3v) is 7.49. The first kappa shape index (κ1) is 28.9. The number of rotatable bonds is 11. The van der Waals surface area contributed by atoms with E-state index in [2.05, 4.69) is 86.2 Å². The summed E-state index contributed by atoms with van der Waals surface area (Å²) < 4.78 is 10.6. The van der Waals surface area contributed by atoms with Gasteiger partial charge < -0.3 is 19.4 Å². The molecule has 4 rings (SSSR count). The maximum absolute atomic E-state index is 12.6. The van der Waals surface area contributed by atoms with Crippen LogP contribution in [0.4, 0.5) is 0 Å². The summed E-state index contributed by atoms with van der Waals surface area (Å²) in [6.45, 7) is 12.7. The number of nitrogens with one attached hydrogen (secondary N) is 2. The van der Waals surface area contributed by atoms with Gasteiger partial charge in [-0.05, 0) is 84.0 Å². The Morgan fingerprint density at radius 2 is 0.800 bits per heavy atom. The van der Waals surface area contributed by atoms with E-state index in [0.29, 0.717) is 24.6 Å². The number of carbonyl (C=O) groups is 2. The van der Waals surface area contributed by atoms with Gasteiger partial charge in [0.1, 0.15) is 11.4 Å². The third kappa shape index (κ3) is 5.48. The standard InChI is InChI=1S/C34H40N2O4/c1-7-25-27(9-3)31(33(37)39-11-5)35-29(25)23-17-13-21(14-18-23)22-15-19-24(20-16-22)30-26(8-2)28(10-4)32(36-30)34(38)40-12-6/h13-20,35-36H,7-12H2,1-6H3. The topological polar surface area (TPSA) is 84.2 Å². The zero-order chi connectivity index (χ0) is 28.8. The van der Waals surface area contributed by atoms with E-state index in [1.165, 1.54) is 0 Å². The molecule has 2 aromatic heterocycles. The van der Waals surface area contributed by atoms with E-state index >= 15 is 0 Å². The largest absolute Gasteiger partial charge is 0.461 e. The van der Waals surface area contributed by atoms with Gasteiger partial charge in [0.25, 0.3) is 0 Å². The molecule has 0 radical (unpaired) electrons. The van der Waals surface area contributed by atoms with E-state index in [9.17, 15) is 9.59 Å². The number of aromatic amines is 2. The van der Waals surface area contributed by atoms with E-state index in [1.807, 2.05) is 13.8 Å². The van der Waals surface area contributed by atoms with Crippen LogP contribution in [0.3, 0.4) is 0 Å². The Balaban J connectivity index is 1.64. The van der Waals surface area contributed by atoms with Gasteiger partial charge in [0.15, 0.2) is 0 Å². The molecule has 210 valence electrons. The van der Waals surface area contributed by atoms with Gasteiger partial charge in [0, 0.05) is 11.4 Å². The van der Waals surface area contributed by atoms with Crippen molar-refractivity contribution < 1.29 is 19.1 Å². The van der Waals surface area contributed by atoms with Crippen LogP contribution in [0.5, 0.6) is 0 Å². The van der Waals surface area contributed by atoms with E-state index in [4.69, 9.17) is 9.47 Å². The van der Waals surface area contributed by atoms with Gasteiger partial charge in [-0.2, -0.15) is 0 Å². The van der Waals surface area contributed by atoms with Crippen molar-refractivity contribution in [2.45, 2.75) is 67.2 Å². The Hall–Kier alpha value is -4.06. The summed E-state index contributed by atoms with van der Waals surface area (Å²) in [4.78, 5) is 31.9. The Morgan fingerprint density at radius 1 is 0.500 bits per heavy atom. The van der Waals surface area contributed by atoms with Crippen LogP contribution in [0.2, 0.25) is 0 Å². The molecule has 2 N–H and O–H groups in total. The average Bonchev–Trinajstić information content (AvgIpc) is 3.56. The fraction of sp³-hybridized carbons (Fsp3) is 0.353. The van der Waals surface area contributed by atoms with Crippen LogP contribution in [0, 0.1) is 0 Å². The Bertz CT molecular complexity index is 1360. The lowest BCUT2D eigenvalue weighted by molar-refractivity contribution is 0.0509. The monoisotopic (exact) mass is 540 g/mol. The Kier molecular flexibility index (Phi) is 9.30. The van der Waals surface area contributed by atoms with Crippen molar-refractivity contribution in [3.63, 3.8) is 0 Å². The van der Waals surface area contributed by atoms with Crippen molar-refractivity contribution in [3.8, 4) is 33.6 Å². The van der Waals surface area contributed by atoms with Gasteiger partial charge in [-0.15, -0.1) is 0 Å². The van der Waals surface area contributed by atoms with Crippen molar-refractivity contribution in [3.05, 3.63) is 82.2 Å². The van der Waals surface area contributed by atoms with Crippen molar-refractivity contribution >= 4 is 11.9 Å². The molecule has 0 aliphatic rings. The summed E-state index contributed by atoms with van der Waals surface area (Å²) in [6, 6.07) is 16.8. The minimum atomic E-state index is -0.300. The van der Waals surface area contributed by atoms with E-state index in [0.717, 1.165) is 81.6 Å². The number of benzene rings is 2. The fourth-order valence-electron chi connectivity index (χ4n) is 5.62. The number of hydrogen-bond acceptors (Lipinski definition) is 4.